The Hall–Kier alpha value is -1.91. The summed E-state index contributed by atoms with van der Waals surface area (Å²) in [4.78, 5) is 18.8. The molecule has 0 aromatic heterocycles. The van der Waals surface area contributed by atoms with Crippen molar-refractivity contribution in [2.24, 2.45) is 10.9 Å². The Morgan fingerprint density at radius 1 is 1.27 bits per heavy atom. The molecule has 3 atom stereocenters. The molecule has 3 rings (SSSR count). The third-order valence-corrected chi connectivity index (χ3v) is 4.28. The van der Waals surface area contributed by atoms with E-state index in [1.807, 2.05) is 48.6 Å². The minimum atomic E-state index is -0.827. The van der Waals surface area contributed by atoms with Crippen molar-refractivity contribution in [1.82, 2.24) is 4.90 Å². The van der Waals surface area contributed by atoms with E-state index in [0.717, 1.165) is 11.3 Å². The van der Waals surface area contributed by atoms with Gasteiger partial charge in [-0.3, -0.25) is 4.79 Å². The van der Waals surface area contributed by atoms with Crippen LogP contribution in [0.5, 0.6) is 0 Å². The van der Waals surface area contributed by atoms with Gasteiger partial charge in [-0.15, -0.1) is 0 Å². The van der Waals surface area contributed by atoms with Crippen LogP contribution in [0.4, 0.5) is 0 Å². The number of benzene rings is 1. The first kappa shape index (κ1) is 15.0. The number of allylic oxidation sites excluding steroid dienone is 2. The van der Waals surface area contributed by atoms with Crippen molar-refractivity contribution in [1.29, 1.82) is 0 Å². The zero-order valence-electron chi connectivity index (χ0n) is 12.4. The van der Waals surface area contributed by atoms with Crippen molar-refractivity contribution in [3.05, 3.63) is 59.2 Å². The molecule has 1 amide bonds. The molecule has 3 unspecified atom stereocenters. The third kappa shape index (κ3) is 2.60. The normalized spacial score (nSPS) is 27.9. The number of rotatable bonds is 2. The Kier molecular flexibility index (Phi) is 4.14. The number of amides is 1. The van der Waals surface area contributed by atoms with Gasteiger partial charge in [0.05, 0.1) is 11.8 Å². The fraction of sp³-hybridized carbons (Fsp3) is 0.294. The maximum Gasteiger partial charge on any atom is 0.274 e. The van der Waals surface area contributed by atoms with Crippen molar-refractivity contribution in [3.8, 4) is 0 Å². The maximum atomic E-state index is 12.5. The van der Waals surface area contributed by atoms with Gasteiger partial charge in [-0.2, -0.15) is 0 Å². The number of carbonyl (C=O) groups excluding carboxylic acids is 1. The van der Waals surface area contributed by atoms with Gasteiger partial charge in [0.15, 0.2) is 0 Å². The standard InChI is InChI=1S/C17H17ClN2O2/c1-20-14-9-8-12(18)10-13(14)15(11-6-4-3-5-7-11)19-16(22-2)17(20)21/h3-10,13-14,16H,1-2H3. The van der Waals surface area contributed by atoms with E-state index in [-0.39, 0.29) is 17.9 Å². The predicted molar refractivity (Wildman–Crippen MR) is 86.9 cm³/mol. The van der Waals surface area contributed by atoms with E-state index in [0.29, 0.717) is 5.03 Å². The minimum Gasteiger partial charge on any atom is -0.352 e. The molecule has 22 heavy (non-hydrogen) atoms. The summed E-state index contributed by atoms with van der Waals surface area (Å²) in [6.45, 7) is 0. The lowest BCUT2D eigenvalue weighted by molar-refractivity contribution is -0.141. The van der Waals surface area contributed by atoms with E-state index < -0.39 is 6.23 Å². The highest BCUT2D eigenvalue weighted by atomic mass is 35.5. The molecule has 2 aliphatic rings. The lowest BCUT2D eigenvalue weighted by Crippen LogP contribution is -2.44. The van der Waals surface area contributed by atoms with Crippen LogP contribution in [0, 0.1) is 5.92 Å². The van der Waals surface area contributed by atoms with Gasteiger partial charge in [0.2, 0.25) is 6.23 Å². The predicted octanol–water partition coefficient (Wildman–Crippen LogP) is 2.60. The van der Waals surface area contributed by atoms with E-state index in [1.54, 1.807) is 11.9 Å². The number of nitrogens with zero attached hydrogens (tertiary/aromatic N) is 2. The molecular weight excluding hydrogens is 300 g/mol. The van der Waals surface area contributed by atoms with E-state index in [2.05, 4.69) is 4.99 Å². The summed E-state index contributed by atoms with van der Waals surface area (Å²) < 4.78 is 5.28. The van der Waals surface area contributed by atoms with Crippen LogP contribution in [-0.4, -0.2) is 42.9 Å². The second-order valence-electron chi connectivity index (χ2n) is 5.34. The smallest absolute Gasteiger partial charge is 0.274 e. The first-order chi connectivity index (χ1) is 10.6. The molecule has 114 valence electrons. The van der Waals surface area contributed by atoms with Gasteiger partial charge in [-0.25, -0.2) is 4.99 Å². The Labute approximate surface area is 134 Å². The van der Waals surface area contributed by atoms with Crippen LogP contribution in [0.3, 0.4) is 0 Å². The molecule has 1 heterocycles. The Bertz CT molecular complexity index is 666. The largest absolute Gasteiger partial charge is 0.352 e. The van der Waals surface area contributed by atoms with Crippen molar-refractivity contribution >= 4 is 23.2 Å². The highest BCUT2D eigenvalue weighted by molar-refractivity contribution is 6.31. The number of halogens is 1. The van der Waals surface area contributed by atoms with Crippen LogP contribution >= 0.6 is 11.6 Å². The maximum absolute atomic E-state index is 12.5. The Morgan fingerprint density at radius 2 is 2.00 bits per heavy atom. The van der Waals surface area contributed by atoms with Crippen LogP contribution in [-0.2, 0) is 9.53 Å². The lowest BCUT2D eigenvalue weighted by atomic mass is 9.86. The van der Waals surface area contributed by atoms with Crippen LogP contribution < -0.4 is 0 Å². The van der Waals surface area contributed by atoms with E-state index >= 15 is 0 Å². The second kappa shape index (κ2) is 6.07. The molecule has 4 nitrogen and oxygen atoms in total. The minimum absolute atomic E-state index is 0.0889. The topological polar surface area (TPSA) is 41.9 Å². The fourth-order valence-electron chi connectivity index (χ4n) is 2.86. The first-order valence-corrected chi connectivity index (χ1v) is 7.47. The number of hydrogen-bond acceptors (Lipinski definition) is 3. The Morgan fingerprint density at radius 3 is 2.68 bits per heavy atom. The fourth-order valence-corrected chi connectivity index (χ4v) is 3.07. The number of hydrogen-bond donors (Lipinski definition) is 0. The summed E-state index contributed by atoms with van der Waals surface area (Å²) in [6, 6.07) is 9.71. The van der Waals surface area contributed by atoms with Crippen molar-refractivity contribution in [2.45, 2.75) is 12.3 Å². The summed E-state index contributed by atoms with van der Waals surface area (Å²) in [5.41, 5.74) is 1.79. The van der Waals surface area contributed by atoms with Crippen molar-refractivity contribution in [2.75, 3.05) is 14.2 Å². The SMILES string of the molecule is COC1N=C(c2ccccc2)C2C=C(Cl)C=CC2N(C)C1=O. The quantitative estimate of drug-likeness (QED) is 0.841. The van der Waals surface area contributed by atoms with Gasteiger partial charge in [0.25, 0.3) is 5.91 Å². The molecule has 0 bridgehead atoms. The summed E-state index contributed by atoms with van der Waals surface area (Å²) in [5, 5.41) is 0.654. The monoisotopic (exact) mass is 316 g/mol. The molecule has 0 spiro atoms. The Balaban J connectivity index is 2.14. The molecule has 1 aromatic rings. The zero-order chi connectivity index (χ0) is 15.7. The summed E-state index contributed by atoms with van der Waals surface area (Å²) >= 11 is 6.18. The number of methoxy groups -OCH3 is 1. The van der Waals surface area contributed by atoms with Crippen LogP contribution in [0.2, 0.25) is 0 Å². The summed E-state index contributed by atoms with van der Waals surface area (Å²) in [5.74, 6) is -0.242. The molecular formula is C17H17ClN2O2. The third-order valence-electron chi connectivity index (χ3n) is 4.03. The highest BCUT2D eigenvalue weighted by Crippen LogP contribution is 2.30. The first-order valence-electron chi connectivity index (χ1n) is 7.10. The average molecular weight is 317 g/mol. The van der Waals surface area contributed by atoms with E-state index in [9.17, 15) is 4.79 Å². The molecule has 0 N–H and O–H groups in total. The van der Waals surface area contributed by atoms with Crippen molar-refractivity contribution in [3.63, 3.8) is 0 Å². The number of likely N-dealkylation sites (N-methyl/N-ethyl adjacent to an activating group) is 1. The van der Waals surface area contributed by atoms with Gasteiger partial charge < -0.3 is 9.64 Å². The molecule has 0 saturated carbocycles. The van der Waals surface area contributed by atoms with E-state index in [4.69, 9.17) is 16.3 Å². The molecule has 0 saturated heterocycles. The van der Waals surface area contributed by atoms with Crippen molar-refractivity contribution < 1.29 is 9.53 Å². The van der Waals surface area contributed by atoms with Gasteiger partial charge in [-0.05, 0) is 11.6 Å². The van der Waals surface area contributed by atoms with Gasteiger partial charge in [-0.1, -0.05) is 54.1 Å². The summed E-state index contributed by atoms with van der Waals surface area (Å²) in [6.07, 6.45) is 4.88. The number of ether oxygens (including phenoxy) is 1. The van der Waals surface area contributed by atoms with Gasteiger partial charge in [0, 0.05) is 25.1 Å². The van der Waals surface area contributed by atoms with Crippen LogP contribution in [0.1, 0.15) is 5.56 Å². The molecule has 1 aliphatic heterocycles. The van der Waals surface area contributed by atoms with E-state index in [1.165, 1.54) is 7.11 Å². The molecule has 0 fully saturated rings. The number of aliphatic imine (C=N–C) groups is 1. The van der Waals surface area contributed by atoms with Crippen LogP contribution in [0.25, 0.3) is 0 Å². The molecule has 1 aliphatic carbocycles. The molecule has 1 aromatic carbocycles. The number of carbonyl (C=O) groups is 1. The summed E-state index contributed by atoms with van der Waals surface area (Å²) in [7, 11) is 3.27. The average Bonchev–Trinajstić information content (AvgIpc) is 2.64. The van der Waals surface area contributed by atoms with Gasteiger partial charge in [0.1, 0.15) is 0 Å². The zero-order valence-corrected chi connectivity index (χ0v) is 13.2. The highest BCUT2D eigenvalue weighted by Gasteiger charge is 2.38. The molecule has 0 radical (unpaired) electrons. The number of fused-ring (bicyclic) bond motifs is 1. The second-order valence-corrected chi connectivity index (χ2v) is 5.78. The lowest BCUT2D eigenvalue weighted by Gasteiger charge is -2.31. The molecule has 5 heteroatoms. The van der Waals surface area contributed by atoms with Gasteiger partial charge >= 0.3 is 0 Å². The van der Waals surface area contributed by atoms with Crippen LogP contribution in [0.15, 0.2) is 58.6 Å².